The second-order valence-corrected chi connectivity index (χ2v) is 6.67. The number of nitrogens with one attached hydrogen (secondary N) is 1. The number of carbonyl (C=O) groups excluding carboxylic acids is 2. The van der Waals surface area contributed by atoms with Crippen molar-refractivity contribution in [2.24, 2.45) is 0 Å². The van der Waals surface area contributed by atoms with E-state index in [1.54, 1.807) is 5.38 Å². The lowest BCUT2D eigenvalue weighted by Crippen LogP contribution is -2.08. The lowest BCUT2D eigenvalue weighted by molar-refractivity contribution is -0.145. The summed E-state index contributed by atoms with van der Waals surface area (Å²) in [5.74, 6) is 0.269. The fourth-order valence-electron chi connectivity index (χ4n) is 1.77. The fourth-order valence-corrected chi connectivity index (χ4v) is 2.89. The van der Waals surface area contributed by atoms with Crippen molar-refractivity contribution in [1.29, 1.82) is 0 Å². The van der Waals surface area contributed by atoms with Crippen LogP contribution in [-0.2, 0) is 20.9 Å². The highest BCUT2D eigenvalue weighted by Gasteiger charge is 2.07. The van der Waals surface area contributed by atoms with E-state index in [0.29, 0.717) is 23.9 Å². The van der Waals surface area contributed by atoms with E-state index in [1.165, 1.54) is 18.3 Å². The normalized spacial score (nSPS) is 10.2. The number of carbonyl (C=O) groups is 2. The third kappa shape index (κ3) is 6.67. The molecule has 1 aromatic carbocycles. The van der Waals surface area contributed by atoms with Gasteiger partial charge in [-0.2, -0.15) is 0 Å². The van der Waals surface area contributed by atoms with Crippen LogP contribution in [0.4, 0.5) is 5.13 Å². The molecule has 0 aliphatic heterocycles. The molecule has 0 unspecified atom stereocenters. The van der Waals surface area contributed by atoms with Crippen LogP contribution >= 0.6 is 27.3 Å². The van der Waals surface area contributed by atoms with Gasteiger partial charge in [-0.25, -0.2) is 4.98 Å². The summed E-state index contributed by atoms with van der Waals surface area (Å²) >= 11 is 4.66. The number of ether oxygens (including phenoxy) is 2. The van der Waals surface area contributed by atoms with Gasteiger partial charge < -0.3 is 14.8 Å². The molecule has 2 aromatic rings. The van der Waals surface area contributed by atoms with Gasteiger partial charge in [0, 0.05) is 23.2 Å². The number of amides is 1. The fraction of sp³-hybridized carbons (Fsp3) is 0.312. The first-order valence-electron chi connectivity index (χ1n) is 7.29. The van der Waals surface area contributed by atoms with Gasteiger partial charge >= 0.3 is 5.97 Å². The molecular weight excluding hydrogens is 396 g/mol. The summed E-state index contributed by atoms with van der Waals surface area (Å²) in [6.45, 7) is 1.95. The first-order valence-corrected chi connectivity index (χ1v) is 8.96. The molecule has 0 bridgehead atoms. The van der Waals surface area contributed by atoms with Crippen LogP contribution in [0.5, 0.6) is 5.75 Å². The number of anilines is 1. The topological polar surface area (TPSA) is 77.5 Å². The lowest BCUT2D eigenvalue weighted by Gasteiger charge is -2.06. The van der Waals surface area contributed by atoms with E-state index in [4.69, 9.17) is 9.47 Å². The van der Waals surface area contributed by atoms with Crippen molar-refractivity contribution in [2.75, 3.05) is 11.9 Å². The van der Waals surface area contributed by atoms with E-state index in [0.717, 1.165) is 10.2 Å². The maximum absolute atomic E-state index is 11.7. The monoisotopic (exact) mass is 412 g/mol. The third-order valence-corrected chi connectivity index (χ3v) is 4.11. The second kappa shape index (κ2) is 9.39. The van der Waals surface area contributed by atoms with Crippen LogP contribution in [0.15, 0.2) is 34.1 Å². The van der Waals surface area contributed by atoms with E-state index in [9.17, 15) is 9.59 Å². The first-order chi connectivity index (χ1) is 11.5. The molecule has 0 aliphatic carbocycles. The number of thiazole rings is 1. The summed E-state index contributed by atoms with van der Waals surface area (Å²) in [5, 5.41) is 4.82. The van der Waals surface area contributed by atoms with Crippen molar-refractivity contribution >= 4 is 44.3 Å². The van der Waals surface area contributed by atoms with Crippen LogP contribution in [0.25, 0.3) is 0 Å². The minimum absolute atomic E-state index is 0.0986. The number of esters is 1. The number of rotatable bonds is 8. The van der Waals surface area contributed by atoms with Gasteiger partial charge in [0.15, 0.2) is 5.13 Å². The Hall–Kier alpha value is -1.93. The smallest absolute Gasteiger partial charge is 0.306 e. The zero-order valence-corrected chi connectivity index (χ0v) is 15.5. The molecule has 0 saturated carbocycles. The summed E-state index contributed by atoms with van der Waals surface area (Å²) < 4.78 is 11.6. The van der Waals surface area contributed by atoms with Crippen molar-refractivity contribution < 1.29 is 19.1 Å². The largest absolute Gasteiger partial charge is 0.494 e. The maximum atomic E-state index is 11.7. The number of benzene rings is 1. The molecule has 1 aromatic heterocycles. The molecule has 0 atom stereocenters. The summed E-state index contributed by atoms with van der Waals surface area (Å²) in [6.07, 6.45) is 0.843. The molecule has 24 heavy (non-hydrogen) atoms. The number of nitrogens with zero attached hydrogens (tertiary/aromatic N) is 1. The highest BCUT2D eigenvalue weighted by Crippen LogP contribution is 2.18. The zero-order valence-electron chi connectivity index (χ0n) is 13.1. The Kier molecular flexibility index (Phi) is 7.20. The molecule has 8 heteroatoms. The highest BCUT2D eigenvalue weighted by molar-refractivity contribution is 9.10. The van der Waals surface area contributed by atoms with Gasteiger partial charge in [-0.3, -0.25) is 9.59 Å². The van der Waals surface area contributed by atoms with Crippen LogP contribution in [0.2, 0.25) is 0 Å². The Balaban J connectivity index is 1.63. The van der Waals surface area contributed by atoms with Gasteiger partial charge in [-0.1, -0.05) is 22.0 Å². The third-order valence-electron chi connectivity index (χ3n) is 2.81. The number of hydrogen-bond donors (Lipinski definition) is 1. The molecule has 6 nitrogen and oxygen atoms in total. The zero-order chi connectivity index (χ0) is 17.4. The molecule has 1 heterocycles. The van der Waals surface area contributed by atoms with Crippen LogP contribution in [0.1, 0.15) is 25.5 Å². The summed E-state index contributed by atoms with van der Waals surface area (Å²) in [7, 11) is 0. The molecule has 1 amide bonds. The highest BCUT2D eigenvalue weighted by atomic mass is 79.9. The standard InChI is InChI=1S/C16H17BrN2O4S/c1-11(20)18-16-19-13(10-24-16)9-23-15(21)6-3-7-22-14-5-2-4-12(17)8-14/h2,4-5,8,10H,3,6-7,9H2,1H3,(H,18,19,20). The summed E-state index contributed by atoms with van der Waals surface area (Å²) in [4.78, 5) is 26.7. The van der Waals surface area contributed by atoms with Crippen molar-refractivity contribution in [3.8, 4) is 5.75 Å². The predicted molar refractivity (Wildman–Crippen MR) is 95.1 cm³/mol. The van der Waals surface area contributed by atoms with Crippen molar-refractivity contribution in [3.63, 3.8) is 0 Å². The summed E-state index contributed by atoms with van der Waals surface area (Å²) in [5.41, 5.74) is 0.613. The maximum Gasteiger partial charge on any atom is 0.306 e. The Labute approximate surface area is 152 Å². The Morgan fingerprint density at radius 3 is 2.96 bits per heavy atom. The van der Waals surface area contributed by atoms with Crippen molar-refractivity contribution in [3.05, 3.63) is 39.8 Å². The van der Waals surface area contributed by atoms with Gasteiger partial charge in [0.1, 0.15) is 12.4 Å². The first kappa shape index (κ1) is 18.4. The van der Waals surface area contributed by atoms with Gasteiger partial charge in [-0.05, 0) is 24.6 Å². The number of halogens is 1. The lowest BCUT2D eigenvalue weighted by atomic mass is 10.3. The second-order valence-electron chi connectivity index (χ2n) is 4.90. The van der Waals surface area contributed by atoms with E-state index >= 15 is 0 Å². The number of hydrogen-bond acceptors (Lipinski definition) is 6. The Morgan fingerprint density at radius 2 is 2.21 bits per heavy atom. The Bertz CT molecular complexity index is 705. The molecule has 128 valence electrons. The molecule has 0 aliphatic rings. The van der Waals surface area contributed by atoms with Gasteiger partial charge in [0.25, 0.3) is 0 Å². The van der Waals surface area contributed by atoms with Crippen molar-refractivity contribution in [2.45, 2.75) is 26.4 Å². The molecule has 0 radical (unpaired) electrons. The molecule has 0 fully saturated rings. The van der Waals surface area contributed by atoms with Crippen LogP contribution in [0.3, 0.4) is 0 Å². The molecule has 1 N–H and O–H groups in total. The van der Waals surface area contributed by atoms with E-state index in [2.05, 4.69) is 26.2 Å². The average molecular weight is 413 g/mol. The van der Waals surface area contributed by atoms with E-state index < -0.39 is 0 Å². The predicted octanol–water partition coefficient (Wildman–Crippen LogP) is 3.77. The minimum Gasteiger partial charge on any atom is -0.494 e. The SMILES string of the molecule is CC(=O)Nc1nc(COC(=O)CCCOc2cccc(Br)c2)cs1. The van der Waals surface area contributed by atoms with Gasteiger partial charge in [0.2, 0.25) is 5.91 Å². The molecular formula is C16H17BrN2O4S. The van der Waals surface area contributed by atoms with Crippen LogP contribution in [0, 0.1) is 0 Å². The van der Waals surface area contributed by atoms with Crippen molar-refractivity contribution in [1.82, 2.24) is 4.98 Å². The van der Waals surface area contributed by atoms with Crippen LogP contribution < -0.4 is 10.1 Å². The van der Waals surface area contributed by atoms with E-state index in [-0.39, 0.29) is 24.9 Å². The summed E-state index contributed by atoms with van der Waals surface area (Å²) in [6, 6.07) is 7.53. The minimum atomic E-state index is -0.304. The van der Waals surface area contributed by atoms with Crippen LogP contribution in [-0.4, -0.2) is 23.5 Å². The molecule has 2 rings (SSSR count). The van der Waals surface area contributed by atoms with E-state index in [1.807, 2.05) is 24.3 Å². The number of aromatic nitrogens is 1. The quantitative estimate of drug-likeness (QED) is 0.527. The Morgan fingerprint density at radius 1 is 1.38 bits per heavy atom. The molecule has 0 spiro atoms. The average Bonchev–Trinajstić information content (AvgIpc) is 2.96. The molecule has 0 saturated heterocycles. The van der Waals surface area contributed by atoms with Gasteiger partial charge in [0.05, 0.1) is 12.3 Å². The van der Waals surface area contributed by atoms with Gasteiger partial charge in [-0.15, -0.1) is 11.3 Å².